The van der Waals surface area contributed by atoms with Crippen LogP contribution in [0.3, 0.4) is 0 Å². The van der Waals surface area contributed by atoms with Gasteiger partial charge in [-0.05, 0) is 49.0 Å². The third-order valence-electron chi connectivity index (χ3n) is 5.84. The van der Waals surface area contributed by atoms with E-state index >= 15 is 0 Å². The van der Waals surface area contributed by atoms with E-state index in [1.54, 1.807) is 30.5 Å². The molecule has 168 valence electrons. The summed E-state index contributed by atoms with van der Waals surface area (Å²) < 4.78 is 5.95. The van der Waals surface area contributed by atoms with E-state index in [0.29, 0.717) is 24.5 Å². The second-order valence-electron chi connectivity index (χ2n) is 8.16. The third kappa shape index (κ3) is 4.64. The number of amides is 1. The molecule has 9 heteroatoms. The fourth-order valence-electron chi connectivity index (χ4n) is 4.21. The summed E-state index contributed by atoms with van der Waals surface area (Å²) in [5.74, 6) is 0.516. The molecule has 0 bridgehead atoms. The van der Waals surface area contributed by atoms with Gasteiger partial charge in [-0.1, -0.05) is 29.5 Å². The monoisotopic (exact) mass is 461 g/mol. The number of aromatic amines is 1. The number of fused-ring (bicyclic) bond motifs is 1. The minimum atomic E-state index is -0.181. The van der Waals surface area contributed by atoms with Gasteiger partial charge in [0.2, 0.25) is 0 Å². The molecule has 0 unspecified atom stereocenters. The van der Waals surface area contributed by atoms with Crippen molar-refractivity contribution in [2.24, 2.45) is 0 Å². The number of benzene rings is 2. The van der Waals surface area contributed by atoms with Gasteiger partial charge >= 0.3 is 4.87 Å². The lowest BCUT2D eigenvalue weighted by Crippen LogP contribution is -2.39. The number of ether oxygens (including phenoxy) is 1. The summed E-state index contributed by atoms with van der Waals surface area (Å²) in [6.07, 6.45) is 1.78. The van der Waals surface area contributed by atoms with Gasteiger partial charge in [-0.3, -0.25) is 14.6 Å². The van der Waals surface area contributed by atoms with Gasteiger partial charge in [-0.2, -0.15) is 5.10 Å². The number of nitrogens with one attached hydrogen (secondary N) is 2. The van der Waals surface area contributed by atoms with Crippen LogP contribution in [0.15, 0.2) is 65.6 Å². The summed E-state index contributed by atoms with van der Waals surface area (Å²) in [5, 5.41) is 11.5. The number of hydrogen-bond donors (Lipinski definition) is 2. The van der Waals surface area contributed by atoms with Crippen LogP contribution < -0.4 is 14.9 Å². The quantitative estimate of drug-likeness (QED) is 0.458. The molecule has 5 rings (SSSR count). The number of carbonyl (C=O) groups excluding carboxylic acids is 1. The molecule has 0 spiro atoms. The number of pyridine rings is 1. The van der Waals surface area contributed by atoms with Crippen molar-refractivity contribution >= 4 is 28.1 Å². The van der Waals surface area contributed by atoms with Crippen molar-refractivity contribution in [3.8, 4) is 5.75 Å². The van der Waals surface area contributed by atoms with E-state index in [2.05, 4.69) is 25.4 Å². The summed E-state index contributed by atoms with van der Waals surface area (Å²) >= 11 is 1.10. The van der Waals surface area contributed by atoms with E-state index in [-0.39, 0.29) is 22.7 Å². The average molecular weight is 462 g/mol. The Labute approximate surface area is 194 Å². The van der Waals surface area contributed by atoms with Gasteiger partial charge in [-0.15, -0.1) is 0 Å². The summed E-state index contributed by atoms with van der Waals surface area (Å²) in [6, 6.07) is 16.9. The molecule has 2 atom stereocenters. The van der Waals surface area contributed by atoms with Crippen molar-refractivity contribution in [2.75, 3.05) is 20.1 Å². The highest BCUT2D eigenvalue weighted by atomic mass is 32.1. The molecule has 2 aromatic heterocycles. The predicted molar refractivity (Wildman–Crippen MR) is 127 cm³/mol. The molecule has 4 aromatic rings. The van der Waals surface area contributed by atoms with Crippen LogP contribution >= 0.6 is 11.3 Å². The van der Waals surface area contributed by atoms with Gasteiger partial charge in [0.1, 0.15) is 17.4 Å². The number of nitrogens with zero attached hydrogens (tertiary/aromatic N) is 3. The number of likely N-dealkylation sites (N-methyl/N-ethyl adjacent to an activating group) is 1. The van der Waals surface area contributed by atoms with E-state index in [0.717, 1.165) is 39.4 Å². The number of carbonyl (C=O) groups is 1. The van der Waals surface area contributed by atoms with Crippen LogP contribution in [0.1, 0.15) is 26.8 Å². The fourth-order valence-corrected chi connectivity index (χ4v) is 4.97. The topological polar surface area (TPSA) is 100 Å². The highest BCUT2D eigenvalue weighted by molar-refractivity contribution is 7.08. The summed E-state index contributed by atoms with van der Waals surface area (Å²) in [4.78, 5) is 30.7. The first kappa shape index (κ1) is 21.3. The van der Waals surface area contributed by atoms with Gasteiger partial charge < -0.3 is 15.0 Å². The van der Waals surface area contributed by atoms with E-state index in [1.807, 2.05) is 37.4 Å². The minimum absolute atomic E-state index is 0.0132. The minimum Gasteiger partial charge on any atom is -0.489 e. The zero-order valence-corrected chi connectivity index (χ0v) is 18.8. The number of hydrogen-bond acceptors (Lipinski definition) is 7. The van der Waals surface area contributed by atoms with Crippen LogP contribution in [0.4, 0.5) is 0 Å². The van der Waals surface area contributed by atoms with Crippen LogP contribution in [0.25, 0.3) is 10.9 Å². The maximum Gasteiger partial charge on any atom is 0.322 e. The summed E-state index contributed by atoms with van der Waals surface area (Å²) in [6.45, 7) is 1.85. The van der Waals surface area contributed by atoms with Crippen LogP contribution in [0, 0.1) is 0 Å². The van der Waals surface area contributed by atoms with Crippen LogP contribution in [-0.4, -0.2) is 52.2 Å². The Kier molecular flexibility index (Phi) is 5.89. The van der Waals surface area contributed by atoms with Gasteiger partial charge in [0.25, 0.3) is 5.91 Å². The lowest BCUT2D eigenvalue weighted by Gasteiger charge is -2.18. The normalized spacial score (nSPS) is 18.5. The molecule has 1 aliphatic rings. The van der Waals surface area contributed by atoms with Gasteiger partial charge in [0.15, 0.2) is 0 Å². The van der Waals surface area contributed by atoms with Crippen molar-refractivity contribution in [3.05, 3.63) is 86.6 Å². The largest absolute Gasteiger partial charge is 0.489 e. The van der Waals surface area contributed by atoms with Crippen LogP contribution in [0.5, 0.6) is 5.75 Å². The zero-order chi connectivity index (χ0) is 22.8. The Bertz CT molecular complexity index is 1330. The molecule has 3 heterocycles. The number of likely N-dealkylation sites (tertiary alicyclic amines) is 1. The molecule has 33 heavy (non-hydrogen) atoms. The number of rotatable bonds is 6. The van der Waals surface area contributed by atoms with Crippen molar-refractivity contribution in [3.63, 3.8) is 0 Å². The van der Waals surface area contributed by atoms with E-state index in [4.69, 9.17) is 4.74 Å². The third-order valence-corrected chi connectivity index (χ3v) is 6.72. The molecular weight excluding hydrogens is 438 g/mol. The predicted octanol–water partition coefficient (Wildman–Crippen LogP) is 2.79. The molecule has 1 aliphatic heterocycles. The molecule has 1 amide bonds. The molecule has 0 radical (unpaired) electrons. The van der Waals surface area contributed by atoms with Crippen LogP contribution in [0.2, 0.25) is 0 Å². The first-order chi connectivity index (χ1) is 16.1. The molecule has 2 N–H and O–H groups in total. The Hall–Kier alpha value is -3.56. The molecule has 1 saturated heterocycles. The molecule has 8 nitrogen and oxygen atoms in total. The first-order valence-corrected chi connectivity index (χ1v) is 11.5. The van der Waals surface area contributed by atoms with Crippen molar-refractivity contribution in [1.29, 1.82) is 0 Å². The highest BCUT2D eigenvalue weighted by Gasteiger charge is 2.35. The molecular formula is C24H23N5O3S. The van der Waals surface area contributed by atoms with E-state index in [9.17, 15) is 9.59 Å². The number of H-pyrrole nitrogens is 1. The van der Waals surface area contributed by atoms with Gasteiger partial charge in [0.05, 0.1) is 11.6 Å². The maximum atomic E-state index is 12.9. The molecule has 2 aromatic carbocycles. The van der Waals surface area contributed by atoms with E-state index < -0.39 is 0 Å². The lowest BCUT2D eigenvalue weighted by atomic mass is 10.0. The van der Waals surface area contributed by atoms with E-state index in [1.165, 1.54) is 0 Å². The second kappa shape index (κ2) is 9.13. The SMILES string of the molecule is CN1C[C@H](c2n[nH]c(=O)s2)[C@H](NC(=O)c2ccc(OCc3cccc4ncccc34)cc2)C1. The second-order valence-corrected chi connectivity index (χ2v) is 9.15. The standard InChI is InChI=1S/C24H23N5O3S/c1-29-12-19(23-27-28-24(31)33-23)21(13-29)26-22(30)15-7-9-17(10-8-15)32-14-16-4-2-6-20-18(16)5-3-11-25-20/h2-11,19,21H,12-14H2,1H3,(H,26,30)(H,28,31)/t19-,21+/m0/s1. The van der Waals surface area contributed by atoms with Crippen molar-refractivity contribution in [1.82, 2.24) is 25.4 Å². The average Bonchev–Trinajstić information content (AvgIpc) is 3.42. The Morgan fingerprint density at radius 2 is 2.03 bits per heavy atom. The molecule has 1 fully saturated rings. The van der Waals surface area contributed by atoms with Gasteiger partial charge in [0, 0.05) is 36.2 Å². The Morgan fingerprint density at radius 1 is 1.18 bits per heavy atom. The molecule has 0 saturated carbocycles. The fraction of sp³-hybridized carbons (Fsp3) is 0.250. The van der Waals surface area contributed by atoms with Crippen molar-refractivity contribution < 1.29 is 9.53 Å². The number of aromatic nitrogens is 3. The summed E-state index contributed by atoms with van der Waals surface area (Å²) in [5.41, 5.74) is 2.54. The first-order valence-electron chi connectivity index (χ1n) is 10.7. The zero-order valence-electron chi connectivity index (χ0n) is 18.0. The summed E-state index contributed by atoms with van der Waals surface area (Å²) in [7, 11) is 1.99. The Balaban J connectivity index is 1.23. The Morgan fingerprint density at radius 3 is 2.82 bits per heavy atom. The molecule has 0 aliphatic carbocycles. The van der Waals surface area contributed by atoms with Crippen LogP contribution in [-0.2, 0) is 6.61 Å². The smallest absolute Gasteiger partial charge is 0.322 e. The van der Waals surface area contributed by atoms with Crippen molar-refractivity contribution in [2.45, 2.75) is 18.6 Å². The van der Waals surface area contributed by atoms with Gasteiger partial charge in [-0.25, -0.2) is 5.10 Å². The highest BCUT2D eigenvalue weighted by Crippen LogP contribution is 2.27. The maximum absolute atomic E-state index is 12.9. The lowest BCUT2D eigenvalue weighted by molar-refractivity contribution is 0.0935.